The maximum atomic E-state index is 11.9. The molecule has 0 aliphatic rings. The first-order valence-corrected chi connectivity index (χ1v) is 7.11. The van der Waals surface area contributed by atoms with Gasteiger partial charge in [0, 0.05) is 5.69 Å². The summed E-state index contributed by atoms with van der Waals surface area (Å²) in [6.45, 7) is 6.21. The number of alkyl halides is 1. The molecule has 0 radical (unpaired) electrons. The lowest BCUT2D eigenvalue weighted by Crippen LogP contribution is -2.23. The lowest BCUT2D eigenvalue weighted by molar-refractivity contribution is -0.115. The van der Waals surface area contributed by atoms with E-state index in [2.05, 4.69) is 53.3 Å². The molecule has 0 aliphatic heterocycles. The van der Waals surface area contributed by atoms with Gasteiger partial charge in [0.2, 0.25) is 5.91 Å². The van der Waals surface area contributed by atoms with Crippen molar-refractivity contribution in [2.75, 3.05) is 5.32 Å². The number of hydrogen-bond acceptors (Lipinski definition) is 1. The van der Waals surface area contributed by atoms with Crippen LogP contribution >= 0.6 is 15.9 Å². The van der Waals surface area contributed by atoms with Crippen molar-refractivity contribution in [2.24, 2.45) is 0 Å². The molecule has 1 rings (SSSR count). The van der Waals surface area contributed by atoms with Crippen LogP contribution < -0.4 is 5.32 Å². The predicted molar refractivity (Wildman–Crippen MR) is 76.8 cm³/mol. The van der Waals surface area contributed by atoms with Gasteiger partial charge in [-0.3, -0.25) is 4.79 Å². The van der Waals surface area contributed by atoms with Gasteiger partial charge in [-0.2, -0.15) is 0 Å². The van der Waals surface area contributed by atoms with Gasteiger partial charge in [-0.15, -0.1) is 0 Å². The van der Waals surface area contributed by atoms with Crippen LogP contribution in [-0.4, -0.2) is 10.7 Å². The van der Waals surface area contributed by atoms with Crippen molar-refractivity contribution in [1.82, 2.24) is 0 Å². The summed E-state index contributed by atoms with van der Waals surface area (Å²) in [6.07, 6.45) is 2.66. The molecule has 1 atom stereocenters. The second-order valence-electron chi connectivity index (χ2n) is 4.02. The molecule has 0 aliphatic carbocycles. The third kappa shape index (κ3) is 3.56. The quantitative estimate of drug-likeness (QED) is 0.820. The maximum absolute atomic E-state index is 11.9. The molecular weight excluding hydrogens is 278 g/mol. The number of carbonyl (C=O) groups excluding carboxylic acids is 1. The smallest absolute Gasteiger partial charge is 0.238 e. The van der Waals surface area contributed by atoms with E-state index < -0.39 is 0 Å². The van der Waals surface area contributed by atoms with Gasteiger partial charge in [-0.1, -0.05) is 54.9 Å². The van der Waals surface area contributed by atoms with Crippen molar-refractivity contribution in [3.63, 3.8) is 0 Å². The van der Waals surface area contributed by atoms with E-state index in [0.717, 1.165) is 24.9 Å². The van der Waals surface area contributed by atoms with Gasteiger partial charge in [0.05, 0.1) is 4.83 Å². The largest absolute Gasteiger partial charge is 0.325 e. The molecule has 0 spiro atoms. The van der Waals surface area contributed by atoms with Gasteiger partial charge in [0.1, 0.15) is 0 Å². The van der Waals surface area contributed by atoms with Crippen LogP contribution in [0.25, 0.3) is 0 Å². The highest BCUT2D eigenvalue weighted by molar-refractivity contribution is 9.10. The Kier molecular flexibility index (Phi) is 5.69. The molecule has 1 amide bonds. The Balaban J connectivity index is 2.99. The molecule has 1 aromatic carbocycles. The van der Waals surface area contributed by atoms with Crippen molar-refractivity contribution in [1.29, 1.82) is 0 Å². The van der Waals surface area contributed by atoms with E-state index in [-0.39, 0.29) is 10.7 Å². The van der Waals surface area contributed by atoms with E-state index in [0.29, 0.717) is 0 Å². The van der Waals surface area contributed by atoms with Crippen LogP contribution in [0.1, 0.15) is 38.3 Å². The Bertz CT molecular complexity index is 368. The molecule has 0 saturated carbocycles. The lowest BCUT2D eigenvalue weighted by atomic mass is 10.0. The molecule has 0 aromatic heterocycles. The van der Waals surface area contributed by atoms with E-state index in [1.165, 1.54) is 11.1 Å². The number of para-hydroxylation sites is 1. The van der Waals surface area contributed by atoms with Gasteiger partial charge in [-0.05, 0) is 30.4 Å². The highest BCUT2D eigenvalue weighted by atomic mass is 79.9. The van der Waals surface area contributed by atoms with E-state index in [9.17, 15) is 4.79 Å². The number of hydrogen-bond donors (Lipinski definition) is 1. The van der Waals surface area contributed by atoms with Crippen LogP contribution in [0.15, 0.2) is 18.2 Å². The van der Waals surface area contributed by atoms with Crippen LogP contribution in [0.4, 0.5) is 5.69 Å². The average Bonchev–Trinajstić information content (AvgIpc) is 2.37. The Labute approximate surface area is 112 Å². The van der Waals surface area contributed by atoms with Crippen LogP contribution in [-0.2, 0) is 17.6 Å². The van der Waals surface area contributed by atoms with E-state index in [1.807, 2.05) is 6.92 Å². The monoisotopic (exact) mass is 297 g/mol. The minimum atomic E-state index is -0.114. The molecule has 94 valence electrons. The molecule has 3 heteroatoms. The van der Waals surface area contributed by atoms with Crippen LogP contribution in [0, 0.1) is 0 Å². The Morgan fingerprint density at radius 3 is 2.18 bits per heavy atom. The van der Waals surface area contributed by atoms with Crippen molar-refractivity contribution in [3.05, 3.63) is 29.3 Å². The van der Waals surface area contributed by atoms with Gasteiger partial charge < -0.3 is 5.32 Å². The summed E-state index contributed by atoms with van der Waals surface area (Å²) >= 11 is 3.38. The topological polar surface area (TPSA) is 29.1 Å². The zero-order valence-corrected chi connectivity index (χ0v) is 12.3. The van der Waals surface area contributed by atoms with Crippen LogP contribution in [0.3, 0.4) is 0 Å². The molecule has 1 N–H and O–H groups in total. The van der Waals surface area contributed by atoms with Crippen molar-refractivity contribution in [3.8, 4) is 0 Å². The Morgan fingerprint density at radius 1 is 1.24 bits per heavy atom. The first-order valence-electron chi connectivity index (χ1n) is 6.19. The number of rotatable bonds is 5. The third-order valence-electron chi connectivity index (χ3n) is 2.89. The van der Waals surface area contributed by atoms with Crippen LogP contribution in [0.5, 0.6) is 0 Å². The number of amides is 1. The molecule has 0 bridgehead atoms. The zero-order valence-electron chi connectivity index (χ0n) is 10.7. The highest BCUT2D eigenvalue weighted by Crippen LogP contribution is 2.23. The average molecular weight is 298 g/mol. The van der Waals surface area contributed by atoms with Crippen molar-refractivity contribution >= 4 is 27.5 Å². The summed E-state index contributed by atoms with van der Waals surface area (Å²) in [4.78, 5) is 11.8. The molecule has 0 fully saturated rings. The number of carbonyl (C=O) groups is 1. The van der Waals surface area contributed by atoms with Crippen LogP contribution in [0.2, 0.25) is 0 Å². The SMILES string of the molecule is CCc1cccc(CC)c1NC(=O)[C@H](Br)CC. The molecule has 2 nitrogen and oxygen atoms in total. The van der Waals surface area contributed by atoms with Gasteiger partial charge in [0.25, 0.3) is 0 Å². The first-order chi connectivity index (χ1) is 8.13. The van der Waals surface area contributed by atoms with Gasteiger partial charge in [0.15, 0.2) is 0 Å². The second kappa shape index (κ2) is 6.80. The predicted octanol–water partition coefficient (Wildman–Crippen LogP) is 3.92. The lowest BCUT2D eigenvalue weighted by Gasteiger charge is -2.16. The summed E-state index contributed by atoms with van der Waals surface area (Å²) in [7, 11) is 0. The summed E-state index contributed by atoms with van der Waals surface area (Å²) in [6, 6.07) is 6.20. The maximum Gasteiger partial charge on any atom is 0.238 e. The molecule has 1 aromatic rings. The molecular formula is C14H20BrNO. The molecule has 17 heavy (non-hydrogen) atoms. The first kappa shape index (κ1) is 14.2. The Hall–Kier alpha value is -0.830. The number of anilines is 1. The summed E-state index contributed by atoms with van der Waals surface area (Å²) in [5, 5.41) is 3.05. The summed E-state index contributed by atoms with van der Waals surface area (Å²) < 4.78 is 0. The Morgan fingerprint density at radius 2 is 1.76 bits per heavy atom. The van der Waals surface area contributed by atoms with Gasteiger partial charge >= 0.3 is 0 Å². The minimum absolute atomic E-state index is 0.0445. The zero-order chi connectivity index (χ0) is 12.8. The second-order valence-corrected chi connectivity index (χ2v) is 5.13. The van der Waals surface area contributed by atoms with Crippen molar-refractivity contribution < 1.29 is 4.79 Å². The van der Waals surface area contributed by atoms with Gasteiger partial charge in [-0.25, -0.2) is 0 Å². The van der Waals surface area contributed by atoms with E-state index in [1.54, 1.807) is 0 Å². The molecule has 0 unspecified atom stereocenters. The number of benzene rings is 1. The number of halogens is 1. The number of aryl methyl sites for hydroxylation is 2. The summed E-state index contributed by atoms with van der Waals surface area (Å²) in [5.74, 6) is 0.0445. The molecule has 0 heterocycles. The fourth-order valence-corrected chi connectivity index (χ4v) is 1.90. The van der Waals surface area contributed by atoms with Crippen molar-refractivity contribution in [2.45, 2.75) is 44.9 Å². The molecule has 0 saturated heterocycles. The third-order valence-corrected chi connectivity index (χ3v) is 3.95. The van der Waals surface area contributed by atoms with E-state index >= 15 is 0 Å². The minimum Gasteiger partial charge on any atom is -0.325 e. The standard InChI is InChI=1S/C14H20BrNO/c1-4-10-8-7-9-11(5-2)13(10)16-14(17)12(15)6-3/h7-9,12H,4-6H2,1-3H3,(H,16,17)/t12-/m1/s1. The number of nitrogens with one attached hydrogen (secondary N) is 1. The highest BCUT2D eigenvalue weighted by Gasteiger charge is 2.15. The normalized spacial score (nSPS) is 12.2. The summed E-state index contributed by atoms with van der Waals surface area (Å²) in [5.41, 5.74) is 3.41. The fraction of sp³-hybridized carbons (Fsp3) is 0.500. The van der Waals surface area contributed by atoms with E-state index in [4.69, 9.17) is 0 Å². The fourth-order valence-electron chi connectivity index (χ4n) is 1.79.